The zero-order valence-corrected chi connectivity index (χ0v) is 13.7. The highest BCUT2D eigenvalue weighted by atomic mass is 35.5. The molecular weight excluding hydrogens is 323 g/mol. The Balaban J connectivity index is 1.83. The van der Waals surface area contributed by atoms with Crippen molar-refractivity contribution in [3.05, 3.63) is 51.3 Å². The number of nitrogens with zero attached hydrogens (tertiary/aromatic N) is 2. The largest absolute Gasteiger partial charge is 0.469 e. The number of aryl methyl sites for hydroxylation is 1. The van der Waals surface area contributed by atoms with Crippen molar-refractivity contribution >= 4 is 29.2 Å². The summed E-state index contributed by atoms with van der Waals surface area (Å²) in [6.45, 7) is 0.611. The number of ether oxygens (including phenoxy) is 1. The molecule has 1 aromatic heterocycles. The second kappa shape index (κ2) is 6.31. The van der Waals surface area contributed by atoms with Crippen LogP contribution in [0.2, 0.25) is 10.0 Å². The fraction of sp³-hybridized carbons (Fsp3) is 0.375. The standard InChI is InChI=1S/C16H16Cl2N2O2/c1-22-16(21)11-3-4-12-8-19-20(15(12)7-11)9-10-2-5-13(17)14(18)6-10/h2,5-6,8,11H,3-4,7,9H2,1H3. The summed E-state index contributed by atoms with van der Waals surface area (Å²) in [6, 6.07) is 5.56. The fourth-order valence-corrected chi connectivity index (χ4v) is 3.20. The number of rotatable bonds is 3. The first kappa shape index (κ1) is 15.4. The van der Waals surface area contributed by atoms with Crippen molar-refractivity contribution in [3.8, 4) is 0 Å². The predicted molar refractivity (Wildman–Crippen MR) is 85.3 cm³/mol. The summed E-state index contributed by atoms with van der Waals surface area (Å²) >= 11 is 12.0. The molecule has 4 nitrogen and oxygen atoms in total. The summed E-state index contributed by atoms with van der Waals surface area (Å²) in [6.07, 6.45) is 4.23. The van der Waals surface area contributed by atoms with E-state index < -0.39 is 0 Å². The maximum absolute atomic E-state index is 11.8. The molecule has 22 heavy (non-hydrogen) atoms. The minimum absolute atomic E-state index is 0.0817. The normalized spacial score (nSPS) is 17.1. The van der Waals surface area contributed by atoms with Gasteiger partial charge in [0.1, 0.15) is 0 Å². The van der Waals surface area contributed by atoms with Crippen LogP contribution in [0.15, 0.2) is 24.4 Å². The van der Waals surface area contributed by atoms with Crippen LogP contribution in [0.4, 0.5) is 0 Å². The molecule has 2 aromatic rings. The van der Waals surface area contributed by atoms with Crippen molar-refractivity contribution in [2.45, 2.75) is 25.8 Å². The molecule has 1 atom stereocenters. The Morgan fingerprint density at radius 3 is 2.95 bits per heavy atom. The van der Waals surface area contributed by atoms with E-state index in [4.69, 9.17) is 27.9 Å². The van der Waals surface area contributed by atoms with Crippen molar-refractivity contribution in [2.75, 3.05) is 7.11 Å². The highest BCUT2D eigenvalue weighted by molar-refractivity contribution is 6.42. The molecular formula is C16H16Cl2N2O2. The van der Waals surface area contributed by atoms with Gasteiger partial charge in [0.2, 0.25) is 0 Å². The Kier molecular flexibility index (Phi) is 4.41. The van der Waals surface area contributed by atoms with Gasteiger partial charge >= 0.3 is 5.97 Å². The molecule has 6 heteroatoms. The molecule has 0 saturated carbocycles. The zero-order valence-electron chi connectivity index (χ0n) is 12.2. The lowest BCUT2D eigenvalue weighted by molar-refractivity contribution is -0.145. The molecule has 0 spiro atoms. The molecule has 0 saturated heterocycles. The predicted octanol–water partition coefficient (Wildman–Crippen LogP) is 3.52. The lowest BCUT2D eigenvalue weighted by atomic mass is 9.88. The highest BCUT2D eigenvalue weighted by Gasteiger charge is 2.28. The number of carbonyl (C=O) groups excluding carboxylic acids is 1. The average molecular weight is 339 g/mol. The molecule has 0 bridgehead atoms. The first-order valence-electron chi connectivity index (χ1n) is 7.14. The monoisotopic (exact) mass is 338 g/mol. The first-order valence-corrected chi connectivity index (χ1v) is 7.89. The van der Waals surface area contributed by atoms with Gasteiger partial charge in [0.05, 0.1) is 35.8 Å². The first-order chi connectivity index (χ1) is 10.6. The van der Waals surface area contributed by atoms with Gasteiger partial charge in [-0.15, -0.1) is 0 Å². The Bertz CT molecular complexity index is 712. The summed E-state index contributed by atoms with van der Waals surface area (Å²) in [5.74, 6) is -0.227. The van der Waals surface area contributed by atoms with E-state index >= 15 is 0 Å². The lowest BCUT2D eigenvalue weighted by Gasteiger charge is -2.21. The van der Waals surface area contributed by atoms with Crippen LogP contribution in [0.25, 0.3) is 0 Å². The number of carbonyl (C=O) groups is 1. The van der Waals surface area contributed by atoms with E-state index in [0.29, 0.717) is 23.0 Å². The maximum Gasteiger partial charge on any atom is 0.309 e. The number of hydrogen-bond acceptors (Lipinski definition) is 3. The Hall–Kier alpha value is -1.52. The Morgan fingerprint density at radius 2 is 2.23 bits per heavy atom. The van der Waals surface area contributed by atoms with Crippen LogP contribution in [0.5, 0.6) is 0 Å². The number of esters is 1. The molecule has 1 aromatic carbocycles. The van der Waals surface area contributed by atoms with Crippen molar-refractivity contribution in [1.82, 2.24) is 9.78 Å². The second-order valence-electron chi connectivity index (χ2n) is 5.49. The molecule has 0 N–H and O–H groups in total. The van der Waals surface area contributed by atoms with Crippen LogP contribution in [0.1, 0.15) is 23.2 Å². The van der Waals surface area contributed by atoms with Crippen molar-refractivity contribution in [1.29, 1.82) is 0 Å². The van der Waals surface area contributed by atoms with Crippen LogP contribution in [-0.2, 0) is 28.9 Å². The van der Waals surface area contributed by atoms with Crippen LogP contribution in [0.3, 0.4) is 0 Å². The quantitative estimate of drug-likeness (QED) is 0.804. The summed E-state index contributed by atoms with van der Waals surface area (Å²) in [5, 5.41) is 5.53. The molecule has 3 rings (SSSR count). The third-order valence-electron chi connectivity index (χ3n) is 4.09. The van der Waals surface area contributed by atoms with Crippen LogP contribution < -0.4 is 0 Å². The van der Waals surface area contributed by atoms with Gasteiger partial charge in [-0.1, -0.05) is 29.3 Å². The highest BCUT2D eigenvalue weighted by Crippen LogP contribution is 2.28. The van der Waals surface area contributed by atoms with Gasteiger partial charge in [-0.2, -0.15) is 5.10 Å². The number of benzene rings is 1. The topological polar surface area (TPSA) is 44.1 Å². The van der Waals surface area contributed by atoms with E-state index in [1.54, 1.807) is 6.07 Å². The molecule has 0 aliphatic heterocycles. The van der Waals surface area contributed by atoms with Gasteiger partial charge in [-0.25, -0.2) is 0 Å². The summed E-state index contributed by atoms with van der Waals surface area (Å²) in [5.41, 5.74) is 3.34. The van der Waals surface area contributed by atoms with Crippen LogP contribution in [0, 0.1) is 5.92 Å². The third kappa shape index (κ3) is 2.99. The van der Waals surface area contributed by atoms with E-state index in [1.807, 2.05) is 23.0 Å². The molecule has 0 amide bonds. The molecule has 1 aliphatic rings. The van der Waals surface area contributed by atoms with E-state index in [0.717, 1.165) is 24.1 Å². The van der Waals surface area contributed by atoms with Gasteiger partial charge in [-0.3, -0.25) is 9.48 Å². The van der Waals surface area contributed by atoms with Gasteiger partial charge in [-0.05, 0) is 36.1 Å². The average Bonchev–Trinajstić information content (AvgIpc) is 2.92. The zero-order chi connectivity index (χ0) is 15.7. The molecule has 1 heterocycles. The maximum atomic E-state index is 11.8. The molecule has 1 unspecified atom stereocenters. The molecule has 0 fully saturated rings. The molecule has 116 valence electrons. The summed E-state index contributed by atoms with van der Waals surface area (Å²) in [4.78, 5) is 11.8. The van der Waals surface area contributed by atoms with E-state index in [1.165, 1.54) is 12.7 Å². The molecule has 1 aliphatic carbocycles. The second-order valence-corrected chi connectivity index (χ2v) is 6.30. The SMILES string of the molecule is COC(=O)C1CCc2cnn(Cc3ccc(Cl)c(Cl)c3)c2C1. The van der Waals surface area contributed by atoms with E-state index in [2.05, 4.69) is 5.10 Å². The number of halogens is 2. The Labute approximate surface area is 139 Å². The van der Waals surface area contributed by atoms with Crippen molar-refractivity contribution in [2.24, 2.45) is 5.92 Å². The fourth-order valence-electron chi connectivity index (χ4n) is 2.87. The number of methoxy groups -OCH3 is 1. The van der Waals surface area contributed by atoms with Gasteiger partial charge in [0.15, 0.2) is 0 Å². The van der Waals surface area contributed by atoms with E-state index in [9.17, 15) is 4.79 Å². The smallest absolute Gasteiger partial charge is 0.309 e. The molecule has 0 radical (unpaired) electrons. The minimum atomic E-state index is -0.145. The lowest BCUT2D eigenvalue weighted by Crippen LogP contribution is -2.25. The van der Waals surface area contributed by atoms with Gasteiger partial charge in [0, 0.05) is 12.1 Å². The summed E-state index contributed by atoms with van der Waals surface area (Å²) in [7, 11) is 1.44. The van der Waals surface area contributed by atoms with E-state index in [-0.39, 0.29) is 11.9 Å². The van der Waals surface area contributed by atoms with Gasteiger partial charge < -0.3 is 4.74 Å². The number of fused-ring (bicyclic) bond motifs is 1. The number of aromatic nitrogens is 2. The van der Waals surface area contributed by atoms with Gasteiger partial charge in [0.25, 0.3) is 0 Å². The van der Waals surface area contributed by atoms with Crippen molar-refractivity contribution < 1.29 is 9.53 Å². The van der Waals surface area contributed by atoms with Crippen LogP contribution >= 0.6 is 23.2 Å². The van der Waals surface area contributed by atoms with Crippen LogP contribution in [-0.4, -0.2) is 22.9 Å². The van der Waals surface area contributed by atoms with Crippen molar-refractivity contribution in [3.63, 3.8) is 0 Å². The Morgan fingerprint density at radius 1 is 1.41 bits per heavy atom. The third-order valence-corrected chi connectivity index (χ3v) is 4.83. The summed E-state index contributed by atoms with van der Waals surface area (Å²) < 4.78 is 6.80. The minimum Gasteiger partial charge on any atom is -0.469 e. The number of hydrogen-bond donors (Lipinski definition) is 0.